The highest BCUT2D eigenvalue weighted by Gasteiger charge is 2.16. The zero-order valence-electron chi connectivity index (χ0n) is 11.4. The van der Waals surface area contributed by atoms with Gasteiger partial charge < -0.3 is 14.8 Å². The van der Waals surface area contributed by atoms with Gasteiger partial charge in [0, 0.05) is 11.5 Å². The van der Waals surface area contributed by atoms with Crippen LogP contribution in [0.1, 0.15) is 16.7 Å². The Morgan fingerprint density at radius 2 is 1.85 bits per heavy atom. The van der Waals surface area contributed by atoms with E-state index >= 15 is 0 Å². The highest BCUT2D eigenvalue weighted by molar-refractivity contribution is 6.58. The van der Waals surface area contributed by atoms with Crippen molar-refractivity contribution in [3.63, 3.8) is 0 Å². The van der Waals surface area contributed by atoms with E-state index in [4.69, 9.17) is 14.8 Å². The van der Waals surface area contributed by atoms with Crippen molar-refractivity contribution in [1.82, 2.24) is 0 Å². The van der Waals surface area contributed by atoms with Gasteiger partial charge in [-0.1, -0.05) is 29.8 Å². The molecule has 0 aromatic heterocycles. The number of ether oxygens (including phenoxy) is 1. The summed E-state index contributed by atoms with van der Waals surface area (Å²) in [6.07, 6.45) is 0. The van der Waals surface area contributed by atoms with Crippen molar-refractivity contribution in [2.24, 2.45) is 0 Å². The Hall–Kier alpha value is -1.85. The number of rotatable bonds is 4. The number of aryl methyl sites for hydroxylation is 2. The Bertz CT molecular complexity index is 614. The molecule has 0 amide bonds. The molecule has 2 rings (SSSR count). The van der Waals surface area contributed by atoms with Crippen LogP contribution in [-0.2, 0) is 6.61 Å². The maximum atomic E-state index is 13.6. The molecule has 0 aliphatic heterocycles. The Labute approximate surface area is 117 Å². The fourth-order valence-electron chi connectivity index (χ4n) is 1.92. The van der Waals surface area contributed by atoms with Gasteiger partial charge in [-0.05, 0) is 31.0 Å². The van der Waals surface area contributed by atoms with Crippen LogP contribution < -0.4 is 10.2 Å². The van der Waals surface area contributed by atoms with Crippen LogP contribution in [0.25, 0.3) is 0 Å². The third-order valence-electron chi connectivity index (χ3n) is 3.15. The summed E-state index contributed by atoms with van der Waals surface area (Å²) < 4.78 is 19.1. The third-order valence-corrected chi connectivity index (χ3v) is 3.15. The first kappa shape index (κ1) is 14.6. The maximum Gasteiger partial charge on any atom is 0.491 e. The van der Waals surface area contributed by atoms with Gasteiger partial charge in [0.25, 0.3) is 0 Å². The first-order valence-electron chi connectivity index (χ1n) is 6.32. The summed E-state index contributed by atoms with van der Waals surface area (Å²) in [5, 5.41) is 17.9. The van der Waals surface area contributed by atoms with Crippen molar-refractivity contribution in [3.8, 4) is 5.75 Å². The second-order valence-electron chi connectivity index (χ2n) is 4.78. The lowest BCUT2D eigenvalue weighted by molar-refractivity contribution is 0.304. The van der Waals surface area contributed by atoms with Gasteiger partial charge in [-0.3, -0.25) is 0 Å². The number of hydrogen-bond acceptors (Lipinski definition) is 3. The number of benzene rings is 2. The Balaban J connectivity index is 2.11. The van der Waals surface area contributed by atoms with E-state index in [0.717, 1.165) is 22.8 Å². The molecular weight excluding hydrogens is 258 g/mol. The molecule has 0 spiro atoms. The van der Waals surface area contributed by atoms with Crippen LogP contribution in [0.4, 0.5) is 4.39 Å². The summed E-state index contributed by atoms with van der Waals surface area (Å²) >= 11 is 0. The first-order chi connectivity index (χ1) is 9.47. The van der Waals surface area contributed by atoms with Crippen molar-refractivity contribution in [2.75, 3.05) is 0 Å². The fraction of sp³-hybridized carbons (Fsp3) is 0.200. The zero-order valence-corrected chi connectivity index (χ0v) is 11.4. The zero-order chi connectivity index (χ0) is 14.7. The molecule has 20 heavy (non-hydrogen) atoms. The molecule has 0 fully saturated rings. The lowest BCUT2D eigenvalue weighted by Crippen LogP contribution is -2.32. The molecule has 104 valence electrons. The van der Waals surface area contributed by atoms with Gasteiger partial charge in [-0.2, -0.15) is 0 Å². The molecule has 0 saturated carbocycles. The third kappa shape index (κ3) is 3.38. The maximum absolute atomic E-state index is 13.6. The van der Waals surface area contributed by atoms with E-state index in [-0.39, 0.29) is 5.46 Å². The fourth-order valence-corrected chi connectivity index (χ4v) is 1.92. The second kappa shape index (κ2) is 6.07. The second-order valence-corrected chi connectivity index (χ2v) is 4.78. The molecule has 5 heteroatoms. The van der Waals surface area contributed by atoms with Crippen LogP contribution in [0.2, 0.25) is 0 Å². The molecule has 0 aliphatic carbocycles. The molecule has 0 saturated heterocycles. The van der Waals surface area contributed by atoms with E-state index in [2.05, 4.69) is 0 Å². The topological polar surface area (TPSA) is 49.7 Å². The summed E-state index contributed by atoms with van der Waals surface area (Å²) in [5.74, 6) is -0.341. The molecule has 2 N–H and O–H groups in total. The van der Waals surface area contributed by atoms with Gasteiger partial charge in [0.15, 0.2) is 0 Å². The normalized spacial score (nSPS) is 10.4. The minimum Gasteiger partial charge on any atom is -0.489 e. The highest BCUT2D eigenvalue weighted by atomic mass is 19.1. The van der Waals surface area contributed by atoms with Gasteiger partial charge in [-0.15, -0.1) is 0 Å². The monoisotopic (exact) mass is 274 g/mol. The molecule has 2 aromatic carbocycles. The van der Waals surface area contributed by atoms with E-state index in [1.165, 1.54) is 12.1 Å². The molecule has 3 nitrogen and oxygen atoms in total. The largest absolute Gasteiger partial charge is 0.491 e. The standard InChI is InChI=1S/C15H16BFO3/c1-10-3-4-11(2)12(7-10)9-20-13-5-6-14(16(18)19)15(17)8-13/h3-8,18-19H,9H2,1-2H3. The van der Waals surface area contributed by atoms with Crippen molar-refractivity contribution in [1.29, 1.82) is 0 Å². The Kier molecular flexibility index (Phi) is 4.42. The smallest absolute Gasteiger partial charge is 0.489 e. The molecular formula is C15H16BFO3. The number of hydrogen-bond donors (Lipinski definition) is 2. The van der Waals surface area contributed by atoms with E-state index in [0.29, 0.717) is 12.4 Å². The van der Waals surface area contributed by atoms with Crippen LogP contribution in [0.15, 0.2) is 36.4 Å². The summed E-state index contributed by atoms with van der Waals surface area (Å²) in [5.41, 5.74) is 3.12. The van der Waals surface area contributed by atoms with E-state index < -0.39 is 12.9 Å². The molecule has 0 bridgehead atoms. The van der Waals surface area contributed by atoms with Gasteiger partial charge in [0.05, 0.1) is 0 Å². The van der Waals surface area contributed by atoms with Crippen molar-refractivity contribution >= 4 is 12.6 Å². The molecule has 0 atom stereocenters. The predicted molar refractivity (Wildman–Crippen MR) is 76.5 cm³/mol. The number of halogens is 1. The van der Waals surface area contributed by atoms with Crippen LogP contribution >= 0.6 is 0 Å². The summed E-state index contributed by atoms with van der Waals surface area (Å²) in [6, 6.07) is 10.0. The van der Waals surface area contributed by atoms with Gasteiger partial charge in [0.2, 0.25) is 0 Å². The van der Waals surface area contributed by atoms with E-state index in [1.54, 1.807) is 0 Å². The van der Waals surface area contributed by atoms with Crippen LogP contribution in [0.5, 0.6) is 5.75 Å². The lowest BCUT2D eigenvalue weighted by Gasteiger charge is -2.10. The van der Waals surface area contributed by atoms with Crippen molar-refractivity contribution < 1.29 is 19.2 Å². The van der Waals surface area contributed by atoms with Gasteiger partial charge >= 0.3 is 7.12 Å². The minimum absolute atomic E-state index is 0.163. The van der Waals surface area contributed by atoms with Crippen molar-refractivity contribution in [3.05, 3.63) is 58.9 Å². The lowest BCUT2D eigenvalue weighted by atomic mass is 9.80. The summed E-state index contributed by atoms with van der Waals surface area (Å²) in [4.78, 5) is 0. The summed E-state index contributed by atoms with van der Waals surface area (Å²) in [6.45, 7) is 4.33. The molecule has 0 radical (unpaired) electrons. The average molecular weight is 274 g/mol. The minimum atomic E-state index is -1.82. The Morgan fingerprint density at radius 1 is 1.10 bits per heavy atom. The van der Waals surface area contributed by atoms with Gasteiger partial charge in [-0.25, -0.2) is 4.39 Å². The molecule has 0 heterocycles. The van der Waals surface area contributed by atoms with Crippen LogP contribution in [0.3, 0.4) is 0 Å². The van der Waals surface area contributed by atoms with Gasteiger partial charge in [0.1, 0.15) is 18.2 Å². The predicted octanol–water partition coefficient (Wildman–Crippen LogP) is 1.70. The average Bonchev–Trinajstić information content (AvgIpc) is 2.39. The molecule has 0 aliphatic rings. The quantitative estimate of drug-likeness (QED) is 0.834. The first-order valence-corrected chi connectivity index (χ1v) is 6.32. The van der Waals surface area contributed by atoms with Crippen LogP contribution in [-0.4, -0.2) is 17.2 Å². The highest BCUT2D eigenvalue weighted by Crippen LogP contribution is 2.16. The van der Waals surface area contributed by atoms with Crippen LogP contribution in [0, 0.1) is 19.7 Å². The molecule has 0 unspecified atom stereocenters. The van der Waals surface area contributed by atoms with E-state index in [1.807, 2.05) is 32.0 Å². The molecule has 2 aromatic rings. The van der Waals surface area contributed by atoms with E-state index in [9.17, 15) is 4.39 Å². The van der Waals surface area contributed by atoms with Crippen molar-refractivity contribution in [2.45, 2.75) is 20.5 Å². The SMILES string of the molecule is Cc1ccc(C)c(COc2ccc(B(O)O)c(F)c2)c1. The Morgan fingerprint density at radius 3 is 2.50 bits per heavy atom. The summed E-state index contributed by atoms with van der Waals surface area (Å²) in [7, 11) is -1.82.